The van der Waals surface area contributed by atoms with Gasteiger partial charge in [-0.1, -0.05) is 6.42 Å². The van der Waals surface area contributed by atoms with Crippen molar-refractivity contribution in [1.82, 2.24) is 0 Å². The number of halogens is 1. The molecular formula is C12H14FNO4. The third kappa shape index (κ3) is 2.76. The third-order valence-electron chi connectivity index (χ3n) is 3.07. The lowest BCUT2D eigenvalue weighted by Gasteiger charge is -2.28. The highest BCUT2D eigenvalue weighted by atomic mass is 19.1. The summed E-state index contributed by atoms with van der Waals surface area (Å²) in [4.78, 5) is 9.80. The minimum atomic E-state index is -0.776. The first-order valence-electron chi connectivity index (χ1n) is 5.86. The molecule has 1 fully saturated rings. The zero-order valence-corrected chi connectivity index (χ0v) is 9.71. The van der Waals surface area contributed by atoms with Crippen LogP contribution in [-0.2, 0) is 0 Å². The van der Waals surface area contributed by atoms with Crippen LogP contribution >= 0.6 is 0 Å². The molecule has 2 atom stereocenters. The number of nitro groups is 1. The van der Waals surface area contributed by atoms with Crippen molar-refractivity contribution < 1.29 is 19.2 Å². The quantitative estimate of drug-likeness (QED) is 0.665. The van der Waals surface area contributed by atoms with E-state index in [1.54, 1.807) is 0 Å². The van der Waals surface area contributed by atoms with E-state index in [0.717, 1.165) is 18.9 Å². The van der Waals surface area contributed by atoms with E-state index in [2.05, 4.69) is 0 Å². The van der Waals surface area contributed by atoms with Crippen LogP contribution in [0.1, 0.15) is 25.7 Å². The Morgan fingerprint density at radius 2 is 2.11 bits per heavy atom. The minimum absolute atomic E-state index is 0.0495. The molecule has 1 aliphatic rings. The van der Waals surface area contributed by atoms with Crippen LogP contribution in [-0.4, -0.2) is 22.2 Å². The van der Waals surface area contributed by atoms with Crippen molar-refractivity contribution in [2.75, 3.05) is 0 Å². The molecule has 1 aromatic carbocycles. The van der Waals surface area contributed by atoms with E-state index in [1.165, 1.54) is 12.1 Å². The lowest BCUT2D eigenvalue weighted by Crippen LogP contribution is -2.34. The normalized spacial score (nSPS) is 23.7. The van der Waals surface area contributed by atoms with Crippen molar-refractivity contribution >= 4 is 5.69 Å². The zero-order chi connectivity index (χ0) is 13.1. The molecule has 1 aromatic rings. The van der Waals surface area contributed by atoms with Crippen LogP contribution in [0.3, 0.4) is 0 Å². The largest absolute Gasteiger partial charge is 0.485 e. The zero-order valence-electron chi connectivity index (χ0n) is 9.71. The third-order valence-corrected chi connectivity index (χ3v) is 3.07. The van der Waals surface area contributed by atoms with Gasteiger partial charge in [0.1, 0.15) is 6.10 Å². The lowest BCUT2D eigenvalue weighted by molar-refractivity contribution is -0.385. The van der Waals surface area contributed by atoms with E-state index in [4.69, 9.17) is 4.74 Å². The molecule has 2 unspecified atom stereocenters. The number of rotatable bonds is 3. The van der Waals surface area contributed by atoms with E-state index in [9.17, 15) is 19.6 Å². The van der Waals surface area contributed by atoms with Crippen molar-refractivity contribution in [2.45, 2.75) is 37.9 Å². The highest BCUT2D eigenvalue weighted by Crippen LogP contribution is 2.27. The monoisotopic (exact) mass is 255 g/mol. The van der Waals surface area contributed by atoms with Crippen molar-refractivity contribution in [3.05, 3.63) is 34.1 Å². The summed E-state index contributed by atoms with van der Waals surface area (Å²) in [6.07, 6.45) is 2.12. The number of benzene rings is 1. The summed E-state index contributed by atoms with van der Waals surface area (Å²) in [7, 11) is 0. The molecule has 1 saturated carbocycles. The van der Waals surface area contributed by atoms with Gasteiger partial charge >= 0.3 is 0 Å². The molecule has 0 aliphatic heterocycles. The number of aliphatic hydroxyl groups excluding tert-OH is 1. The first kappa shape index (κ1) is 12.8. The number of ether oxygens (including phenoxy) is 1. The van der Waals surface area contributed by atoms with Crippen LogP contribution in [0.25, 0.3) is 0 Å². The van der Waals surface area contributed by atoms with Crippen molar-refractivity contribution in [3.63, 3.8) is 0 Å². The highest BCUT2D eigenvalue weighted by Gasteiger charge is 2.26. The van der Waals surface area contributed by atoms with Gasteiger partial charge in [-0.25, -0.2) is 4.39 Å². The van der Waals surface area contributed by atoms with Crippen molar-refractivity contribution in [3.8, 4) is 5.75 Å². The van der Waals surface area contributed by atoms with E-state index in [1.807, 2.05) is 0 Å². The van der Waals surface area contributed by atoms with Crippen LogP contribution < -0.4 is 4.74 Å². The maximum absolute atomic E-state index is 13.6. The summed E-state index contributed by atoms with van der Waals surface area (Å²) in [5.74, 6) is -0.825. The Bertz CT molecular complexity index is 452. The summed E-state index contributed by atoms with van der Waals surface area (Å²) in [6.45, 7) is 0. The topological polar surface area (TPSA) is 72.6 Å². The molecular weight excluding hydrogens is 241 g/mol. The number of non-ortho nitro benzene ring substituents is 1. The highest BCUT2D eigenvalue weighted by molar-refractivity contribution is 5.37. The summed E-state index contributed by atoms with van der Waals surface area (Å²) in [5.41, 5.74) is -0.316. The SMILES string of the molecule is O=[N+]([O-])c1ccc(OC2CCCCC2O)c(F)c1. The lowest BCUT2D eigenvalue weighted by atomic mass is 9.95. The molecule has 0 spiro atoms. The first-order chi connectivity index (χ1) is 8.58. The summed E-state index contributed by atoms with van der Waals surface area (Å²) in [6, 6.07) is 3.24. The van der Waals surface area contributed by atoms with E-state index < -0.39 is 22.9 Å². The molecule has 0 saturated heterocycles. The summed E-state index contributed by atoms with van der Waals surface area (Å²) >= 11 is 0. The predicted molar refractivity (Wildman–Crippen MR) is 61.9 cm³/mol. The minimum Gasteiger partial charge on any atom is -0.485 e. The van der Waals surface area contributed by atoms with Gasteiger partial charge in [-0.2, -0.15) is 0 Å². The van der Waals surface area contributed by atoms with Crippen molar-refractivity contribution in [2.24, 2.45) is 0 Å². The van der Waals surface area contributed by atoms with Crippen LogP contribution in [0.4, 0.5) is 10.1 Å². The molecule has 0 bridgehead atoms. The predicted octanol–water partition coefficient (Wildman–Crippen LogP) is 2.42. The molecule has 5 nitrogen and oxygen atoms in total. The fourth-order valence-corrected chi connectivity index (χ4v) is 2.08. The summed E-state index contributed by atoms with van der Waals surface area (Å²) < 4.78 is 19.0. The first-order valence-corrected chi connectivity index (χ1v) is 5.86. The Morgan fingerprint density at radius 1 is 1.39 bits per heavy atom. The number of nitrogens with zero attached hydrogens (tertiary/aromatic N) is 1. The molecule has 0 heterocycles. The average molecular weight is 255 g/mol. The second-order valence-corrected chi connectivity index (χ2v) is 4.38. The van der Waals surface area contributed by atoms with Crippen LogP contribution in [0.5, 0.6) is 5.75 Å². The van der Waals surface area contributed by atoms with Crippen molar-refractivity contribution in [1.29, 1.82) is 0 Å². The second kappa shape index (κ2) is 5.30. The van der Waals surface area contributed by atoms with Gasteiger partial charge < -0.3 is 9.84 Å². The molecule has 2 rings (SSSR count). The maximum Gasteiger partial charge on any atom is 0.272 e. The Balaban J connectivity index is 2.11. The van der Waals surface area contributed by atoms with Gasteiger partial charge in [-0.05, 0) is 25.3 Å². The van der Waals surface area contributed by atoms with E-state index >= 15 is 0 Å². The smallest absolute Gasteiger partial charge is 0.272 e. The van der Waals surface area contributed by atoms with Gasteiger partial charge in [0, 0.05) is 6.07 Å². The molecule has 0 radical (unpaired) electrons. The van der Waals surface area contributed by atoms with Gasteiger partial charge in [-0.15, -0.1) is 0 Å². The second-order valence-electron chi connectivity index (χ2n) is 4.38. The number of hydrogen-bond acceptors (Lipinski definition) is 4. The number of nitro benzene ring substituents is 1. The number of hydrogen-bond donors (Lipinski definition) is 1. The fourth-order valence-electron chi connectivity index (χ4n) is 2.08. The average Bonchev–Trinajstić information content (AvgIpc) is 2.34. The molecule has 18 heavy (non-hydrogen) atoms. The molecule has 0 amide bonds. The Labute approximate surface area is 103 Å². The molecule has 1 aliphatic carbocycles. The van der Waals surface area contributed by atoms with E-state index in [0.29, 0.717) is 12.8 Å². The van der Waals surface area contributed by atoms with Crippen LogP contribution in [0.15, 0.2) is 18.2 Å². The van der Waals surface area contributed by atoms with Crippen LogP contribution in [0, 0.1) is 15.9 Å². The molecule has 98 valence electrons. The van der Waals surface area contributed by atoms with Gasteiger partial charge in [-0.3, -0.25) is 10.1 Å². The molecule has 0 aromatic heterocycles. The number of aliphatic hydroxyl groups is 1. The maximum atomic E-state index is 13.6. The Hall–Kier alpha value is -1.69. The van der Waals surface area contributed by atoms with Gasteiger partial charge in [0.05, 0.1) is 17.1 Å². The molecule has 6 heteroatoms. The van der Waals surface area contributed by atoms with Crippen LogP contribution in [0.2, 0.25) is 0 Å². The van der Waals surface area contributed by atoms with Gasteiger partial charge in [0.2, 0.25) is 0 Å². The standard InChI is InChI=1S/C12H14FNO4/c13-9-7-8(14(16)17)5-6-11(9)18-12-4-2-1-3-10(12)15/h5-7,10,12,15H,1-4H2. The van der Waals surface area contributed by atoms with Gasteiger partial charge in [0.15, 0.2) is 11.6 Å². The van der Waals surface area contributed by atoms with E-state index in [-0.39, 0.29) is 11.4 Å². The Morgan fingerprint density at radius 3 is 2.72 bits per heavy atom. The Kier molecular flexibility index (Phi) is 3.76. The fraction of sp³-hybridized carbons (Fsp3) is 0.500. The summed E-state index contributed by atoms with van der Waals surface area (Å²) in [5, 5.41) is 20.2. The van der Waals surface area contributed by atoms with Gasteiger partial charge in [0.25, 0.3) is 5.69 Å². The molecule has 1 N–H and O–H groups in total.